The van der Waals surface area contributed by atoms with Gasteiger partial charge < -0.3 is 10.8 Å². The molecule has 19 heavy (non-hydrogen) atoms. The summed E-state index contributed by atoms with van der Waals surface area (Å²) in [5.74, 6) is -0.104. The number of halogens is 3. The molecule has 0 aliphatic rings. The summed E-state index contributed by atoms with van der Waals surface area (Å²) in [7, 11) is 0. The fourth-order valence-corrected chi connectivity index (χ4v) is 2.93. The van der Waals surface area contributed by atoms with Crippen molar-refractivity contribution in [1.29, 1.82) is 0 Å². The van der Waals surface area contributed by atoms with Crippen LogP contribution in [-0.4, -0.2) is 10.6 Å². The molecule has 2 rings (SSSR count). The Hall–Kier alpha value is -1.18. The second-order valence-corrected chi connectivity index (χ2v) is 5.88. The number of rotatable bonds is 3. The summed E-state index contributed by atoms with van der Waals surface area (Å²) >= 11 is 1.16. The van der Waals surface area contributed by atoms with E-state index in [0.717, 1.165) is 4.88 Å². The zero-order chi connectivity index (χ0) is 14.0. The second kappa shape index (κ2) is 5.44. The van der Waals surface area contributed by atoms with E-state index in [4.69, 9.17) is 5.73 Å². The van der Waals surface area contributed by atoms with Crippen molar-refractivity contribution in [2.75, 3.05) is 0 Å². The van der Waals surface area contributed by atoms with E-state index in [-0.39, 0.29) is 28.0 Å². The van der Waals surface area contributed by atoms with E-state index in [0.29, 0.717) is 0 Å². The smallest absolute Gasteiger partial charge is 0.446 e. The Morgan fingerprint density at radius 2 is 2.00 bits per heavy atom. The molecule has 0 radical (unpaired) electrons. The molecule has 2 nitrogen and oxygen atoms in total. The van der Waals surface area contributed by atoms with Crippen LogP contribution in [0.4, 0.5) is 13.2 Å². The SMILES string of the molecule is N[C@H](c1cccs1)c1cc(SC(F)(F)F)ccc1O. The van der Waals surface area contributed by atoms with Gasteiger partial charge in [-0.2, -0.15) is 13.2 Å². The molecule has 0 aliphatic heterocycles. The molecule has 1 aromatic carbocycles. The Morgan fingerprint density at radius 1 is 1.26 bits per heavy atom. The Kier molecular flexibility index (Phi) is 4.07. The van der Waals surface area contributed by atoms with Gasteiger partial charge in [0, 0.05) is 15.3 Å². The van der Waals surface area contributed by atoms with Gasteiger partial charge in [0.25, 0.3) is 0 Å². The van der Waals surface area contributed by atoms with Gasteiger partial charge >= 0.3 is 5.51 Å². The fourth-order valence-electron chi connectivity index (χ4n) is 1.60. The molecule has 0 unspecified atom stereocenters. The molecule has 3 N–H and O–H groups in total. The lowest BCUT2D eigenvalue weighted by molar-refractivity contribution is -0.0328. The summed E-state index contributed by atoms with van der Waals surface area (Å²) in [6, 6.07) is 6.67. The van der Waals surface area contributed by atoms with E-state index in [1.165, 1.54) is 29.5 Å². The molecule has 0 aliphatic carbocycles. The lowest BCUT2D eigenvalue weighted by atomic mass is 10.1. The number of phenolic OH excluding ortho intramolecular Hbond substituents is 1. The number of phenols is 1. The highest BCUT2D eigenvalue weighted by Gasteiger charge is 2.29. The number of aromatic hydroxyl groups is 1. The molecule has 0 fully saturated rings. The van der Waals surface area contributed by atoms with Gasteiger partial charge in [-0.05, 0) is 41.4 Å². The van der Waals surface area contributed by atoms with Crippen LogP contribution in [0.5, 0.6) is 5.75 Å². The molecule has 0 saturated carbocycles. The molecule has 102 valence electrons. The second-order valence-electron chi connectivity index (χ2n) is 3.76. The van der Waals surface area contributed by atoms with Gasteiger partial charge in [0.2, 0.25) is 0 Å². The van der Waals surface area contributed by atoms with Crippen LogP contribution in [0, 0.1) is 0 Å². The van der Waals surface area contributed by atoms with Crippen LogP contribution in [0.25, 0.3) is 0 Å². The van der Waals surface area contributed by atoms with Gasteiger partial charge in [-0.15, -0.1) is 11.3 Å². The highest BCUT2D eigenvalue weighted by Crippen LogP contribution is 2.40. The molecule has 0 spiro atoms. The summed E-state index contributed by atoms with van der Waals surface area (Å²) in [6.45, 7) is 0. The summed E-state index contributed by atoms with van der Waals surface area (Å²) in [6.07, 6.45) is 0. The molecule has 1 atom stereocenters. The zero-order valence-electron chi connectivity index (χ0n) is 9.52. The topological polar surface area (TPSA) is 46.2 Å². The average molecular weight is 305 g/mol. The molecular formula is C12H10F3NOS2. The monoisotopic (exact) mass is 305 g/mol. The Balaban J connectivity index is 2.32. The maximum atomic E-state index is 12.3. The third-order valence-corrected chi connectivity index (χ3v) is 4.09. The Bertz CT molecular complexity index is 555. The van der Waals surface area contributed by atoms with Crippen molar-refractivity contribution in [2.45, 2.75) is 16.4 Å². The molecule has 0 bridgehead atoms. The van der Waals surface area contributed by atoms with Crippen LogP contribution in [0.1, 0.15) is 16.5 Å². The van der Waals surface area contributed by atoms with Gasteiger partial charge in [0.05, 0.1) is 6.04 Å². The maximum Gasteiger partial charge on any atom is 0.446 e. The van der Waals surface area contributed by atoms with Gasteiger partial charge in [0.1, 0.15) is 5.75 Å². The van der Waals surface area contributed by atoms with Crippen LogP contribution >= 0.6 is 23.1 Å². The van der Waals surface area contributed by atoms with Crippen molar-refractivity contribution >= 4 is 23.1 Å². The van der Waals surface area contributed by atoms with Gasteiger partial charge in [-0.3, -0.25) is 0 Å². The summed E-state index contributed by atoms with van der Waals surface area (Å²) in [4.78, 5) is 0.789. The van der Waals surface area contributed by atoms with E-state index < -0.39 is 11.6 Å². The Labute approximate surface area is 116 Å². The minimum absolute atomic E-state index is 0.00676. The Morgan fingerprint density at radius 3 is 2.58 bits per heavy atom. The predicted molar refractivity (Wildman–Crippen MR) is 70.4 cm³/mol. The zero-order valence-corrected chi connectivity index (χ0v) is 11.1. The molecule has 1 heterocycles. The van der Waals surface area contributed by atoms with Crippen LogP contribution in [0.2, 0.25) is 0 Å². The molecule has 2 aromatic rings. The molecular weight excluding hydrogens is 295 g/mol. The van der Waals surface area contributed by atoms with E-state index in [2.05, 4.69) is 0 Å². The predicted octanol–water partition coefficient (Wildman–Crippen LogP) is 4.11. The quantitative estimate of drug-likeness (QED) is 0.839. The van der Waals surface area contributed by atoms with Gasteiger partial charge in [-0.1, -0.05) is 6.07 Å². The number of hydrogen-bond acceptors (Lipinski definition) is 4. The average Bonchev–Trinajstić information content (AvgIpc) is 2.82. The van der Waals surface area contributed by atoms with Crippen molar-refractivity contribution in [3.8, 4) is 5.75 Å². The van der Waals surface area contributed by atoms with Gasteiger partial charge in [-0.25, -0.2) is 0 Å². The summed E-state index contributed by atoms with van der Waals surface area (Å²) < 4.78 is 37.0. The first-order valence-corrected chi connectivity index (χ1v) is 6.94. The lowest BCUT2D eigenvalue weighted by Gasteiger charge is -2.14. The highest BCUT2D eigenvalue weighted by molar-refractivity contribution is 8.00. The number of thiophene rings is 1. The van der Waals surface area contributed by atoms with E-state index >= 15 is 0 Å². The number of thioether (sulfide) groups is 1. The van der Waals surface area contributed by atoms with Crippen LogP contribution < -0.4 is 5.73 Å². The minimum Gasteiger partial charge on any atom is -0.508 e. The third-order valence-electron chi connectivity index (χ3n) is 2.42. The first kappa shape index (κ1) is 14.2. The van der Waals surface area contributed by atoms with Crippen molar-refractivity contribution < 1.29 is 18.3 Å². The fraction of sp³-hybridized carbons (Fsp3) is 0.167. The highest BCUT2D eigenvalue weighted by atomic mass is 32.2. The largest absolute Gasteiger partial charge is 0.508 e. The molecule has 7 heteroatoms. The standard InChI is InChI=1S/C12H10F3NOS2/c13-12(14,15)19-7-3-4-9(17)8(6-7)11(16)10-2-1-5-18-10/h1-6,11,17H,16H2/t11-/m0/s1. The minimum atomic E-state index is -4.36. The molecule has 0 amide bonds. The van der Waals surface area contributed by atoms with Gasteiger partial charge in [0.15, 0.2) is 0 Å². The van der Waals surface area contributed by atoms with Crippen molar-refractivity contribution in [1.82, 2.24) is 0 Å². The normalized spacial score (nSPS) is 13.5. The first-order chi connectivity index (χ1) is 8.87. The molecule has 1 aromatic heterocycles. The number of benzene rings is 1. The number of alkyl halides is 3. The summed E-state index contributed by atoms with van der Waals surface area (Å²) in [5, 5.41) is 11.6. The third kappa shape index (κ3) is 3.65. The van der Waals surface area contributed by atoms with Crippen molar-refractivity contribution in [3.63, 3.8) is 0 Å². The first-order valence-electron chi connectivity index (χ1n) is 5.24. The van der Waals surface area contributed by atoms with Crippen LogP contribution in [0.3, 0.4) is 0 Å². The summed E-state index contributed by atoms with van der Waals surface area (Å²) in [5.41, 5.74) is 1.88. The van der Waals surface area contributed by atoms with E-state index in [1.807, 2.05) is 5.38 Å². The van der Waals surface area contributed by atoms with Crippen LogP contribution in [-0.2, 0) is 0 Å². The lowest BCUT2D eigenvalue weighted by Crippen LogP contribution is -2.10. The number of nitrogens with two attached hydrogens (primary N) is 1. The van der Waals surface area contributed by atoms with Crippen molar-refractivity contribution in [2.24, 2.45) is 5.73 Å². The van der Waals surface area contributed by atoms with Crippen LogP contribution in [0.15, 0.2) is 40.6 Å². The van der Waals surface area contributed by atoms with E-state index in [1.54, 1.807) is 12.1 Å². The number of hydrogen-bond donors (Lipinski definition) is 2. The maximum absolute atomic E-state index is 12.3. The molecule has 0 saturated heterocycles. The van der Waals surface area contributed by atoms with E-state index in [9.17, 15) is 18.3 Å². The van der Waals surface area contributed by atoms with Crippen molar-refractivity contribution in [3.05, 3.63) is 46.2 Å².